The van der Waals surface area contributed by atoms with Crippen LogP contribution in [-0.2, 0) is 13.0 Å². The highest BCUT2D eigenvalue weighted by Crippen LogP contribution is 2.39. The van der Waals surface area contributed by atoms with Crippen molar-refractivity contribution in [2.45, 2.75) is 13.0 Å². The summed E-state index contributed by atoms with van der Waals surface area (Å²) in [7, 11) is 4.68. The van der Waals surface area contributed by atoms with E-state index in [1.807, 2.05) is 22.9 Å². The number of nitrogens with one attached hydrogen (secondary N) is 1. The van der Waals surface area contributed by atoms with Crippen molar-refractivity contribution in [3.63, 3.8) is 0 Å². The topological polar surface area (TPSA) is 124 Å². The molecule has 1 aliphatic rings. The molecule has 31 heavy (non-hydrogen) atoms. The van der Waals surface area contributed by atoms with E-state index in [4.69, 9.17) is 14.2 Å². The predicted molar refractivity (Wildman–Crippen MR) is 111 cm³/mol. The molecular weight excluding hydrogens is 404 g/mol. The molecule has 0 aliphatic carbocycles. The van der Waals surface area contributed by atoms with Gasteiger partial charge < -0.3 is 34.1 Å². The summed E-state index contributed by atoms with van der Waals surface area (Å²) >= 11 is 0. The monoisotopic (exact) mass is 426 g/mol. The van der Waals surface area contributed by atoms with Crippen LogP contribution in [-0.4, -0.2) is 63.5 Å². The fourth-order valence-corrected chi connectivity index (χ4v) is 3.49. The van der Waals surface area contributed by atoms with E-state index in [0.717, 1.165) is 11.3 Å². The van der Waals surface area contributed by atoms with Gasteiger partial charge >= 0.3 is 6.09 Å². The van der Waals surface area contributed by atoms with Crippen molar-refractivity contribution in [1.29, 1.82) is 0 Å². The summed E-state index contributed by atoms with van der Waals surface area (Å²) in [5, 5.41) is 12.4. The molecule has 0 spiro atoms. The van der Waals surface area contributed by atoms with Gasteiger partial charge in [0, 0.05) is 24.2 Å². The second kappa shape index (κ2) is 8.38. The summed E-state index contributed by atoms with van der Waals surface area (Å²) in [4.78, 5) is 25.5. The van der Waals surface area contributed by atoms with Gasteiger partial charge in [0.25, 0.3) is 0 Å². The quantitative estimate of drug-likeness (QED) is 0.611. The molecule has 1 aromatic carbocycles. The Kier molecular flexibility index (Phi) is 5.48. The van der Waals surface area contributed by atoms with Crippen molar-refractivity contribution in [1.82, 2.24) is 24.4 Å². The van der Waals surface area contributed by atoms with Crippen LogP contribution in [0.1, 0.15) is 11.3 Å². The Morgan fingerprint density at radius 3 is 2.48 bits per heavy atom. The second-order valence-corrected chi connectivity index (χ2v) is 6.78. The van der Waals surface area contributed by atoms with Gasteiger partial charge in [-0.3, -0.25) is 0 Å². The van der Waals surface area contributed by atoms with E-state index in [0.29, 0.717) is 47.5 Å². The smallest absolute Gasteiger partial charge is 0.407 e. The van der Waals surface area contributed by atoms with E-state index in [2.05, 4.69) is 20.3 Å². The maximum atomic E-state index is 11.2. The number of ether oxygens (including phenoxy) is 3. The number of hydrogen-bond donors (Lipinski definition) is 2. The zero-order chi connectivity index (χ0) is 22.0. The van der Waals surface area contributed by atoms with Gasteiger partial charge in [-0.1, -0.05) is 0 Å². The second-order valence-electron chi connectivity index (χ2n) is 6.78. The Morgan fingerprint density at radius 1 is 1.10 bits per heavy atom. The molecule has 0 radical (unpaired) electrons. The number of nitrogens with zero attached hydrogens (tertiary/aromatic N) is 5. The molecule has 0 unspecified atom stereocenters. The van der Waals surface area contributed by atoms with Crippen molar-refractivity contribution in [3.8, 4) is 22.9 Å². The first-order valence-corrected chi connectivity index (χ1v) is 9.46. The van der Waals surface area contributed by atoms with Gasteiger partial charge in [0.15, 0.2) is 11.5 Å². The van der Waals surface area contributed by atoms with Crippen LogP contribution in [0.3, 0.4) is 0 Å². The lowest BCUT2D eigenvalue weighted by molar-refractivity contribution is 0.139. The molecule has 0 saturated heterocycles. The molecule has 2 aromatic heterocycles. The third kappa shape index (κ3) is 3.89. The van der Waals surface area contributed by atoms with Crippen molar-refractivity contribution < 1.29 is 24.1 Å². The molecule has 1 aliphatic heterocycles. The van der Waals surface area contributed by atoms with E-state index in [9.17, 15) is 9.90 Å². The molecule has 1 amide bonds. The normalized spacial score (nSPS) is 12.8. The van der Waals surface area contributed by atoms with Crippen LogP contribution >= 0.6 is 0 Å². The van der Waals surface area contributed by atoms with E-state index >= 15 is 0 Å². The van der Waals surface area contributed by atoms with E-state index < -0.39 is 6.09 Å². The molecule has 3 aromatic rings. The van der Waals surface area contributed by atoms with E-state index in [-0.39, 0.29) is 6.54 Å². The Labute approximate surface area is 178 Å². The van der Waals surface area contributed by atoms with Crippen LogP contribution in [0.25, 0.3) is 5.69 Å². The summed E-state index contributed by atoms with van der Waals surface area (Å²) < 4.78 is 18.0. The maximum absolute atomic E-state index is 11.2. The summed E-state index contributed by atoms with van der Waals surface area (Å²) in [6, 6.07) is 3.64. The Hall–Kier alpha value is -4.02. The van der Waals surface area contributed by atoms with Gasteiger partial charge in [-0.15, -0.1) is 0 Å². The number of carboxylic acid groups (broad SMARTS) is 1. The molecule has 3 heterocycles. The first kappa shape index (κ1) is 20.3. The van der Waals surface area contributed by atoms with Gasteiger partial charge in [0.1, 0.15) is 24.3 Å². The average Bonchev–Trinajstić information content (AvgIpc) is 3.26. The third-order valence-corrected chi connectivity index (χ3v) is 5.05. The van der Waals surface area contributed by atoms with Crippen LogP contribution in [0.5, 0.6) is 17.2 Å². The zero-order valence-corrected chi connectivity index (χ0v) is 17.3. The van der Waals surface area contributed by atoms with Crippen molar-refractivity contribution in [2.75, 3.05) is 33.2 Å². The fourth-order valence-electron chi connectivity index (χ4n) is 3.49. The molecule has 0 atom stereocenters. The number of amides is 1. The minimum absolute atomic E-state index is 0.238. The third-order valence-electron chi connectivity index (χ3n) is 5.05. The lowest BCUT2D eigenvalue weighted by atomic mass is 10.1. The van der Waals surface area contributed by atoms with Gasteiger partial charge in [-0.25, -0.2) is 19.7 Å². The first-order valence-electron chi connectivity index (χ1n) is 9.46. The standard InChI is InChI=1S/C20H22N6O5/c1-29-15-6-12(7-16(30-2)18(15)31-3)26-9-17(23-11-26)24-19-13-4-5-25(20(27)28)8-14(13)21-10-22-19/h6-7,9-11H,4-5,8H2,1-3H3,(H,27,28)(H,21,22,24). The van der Waals surface area contributed by atoms with Crippen molar-refractivity contribution in [2.24, 2.45) is 0 Å². The number of anilines is 2. The zero-order valence-electron chi connectivity index (χ0n) is 17.3. The number of hydrogen-bond acceptors (Lipinski definition) is 8. The first-order chi connectivity index (χ1) is 15.0. The summed E-state index contributed by atoms with van der Waals surface area (Å²) in [6.45, 7) is 0.631. The maximum Gasteiger partial charge on any atom is 0.407 e. The number of carbonyl (C=O) groups is 1. The number of imidazole rings is 1. The molecule has 162 valence electrons. The SMILES string of the molecule is COc1cc(-n2cnc(Nc3ncnc4c3CCN(C(=O)O)C4)c2)cc(OC)c1OC. The molecule has 2 N–H and O–H groups in total. The Balaban J connectivity index is 1.60. The molecule has 0 bridgehead atoms. The van der Waals surface area contributed by atoms with Crippen molar-refractivity contribution >= 4 is 17.7 Å². The number of fused-ring (bicyclic) bond motifs is 1. The van der Waals surface area contributed by atoms with E-state index in [1.165, 1.54) is 11.2 Å². The van der Waals surface area contributed by atoms with Crippen molar-refractivity contribution in [3.05, 3.63) is 42.2 Å². The van der Waals surface area contributed by atoms with Crippen LogP contribution in [0.4, 0.5) is 16.4 Å². The van der Waals surface area contributed by atoms with Gasteiger partial charge in [0.05, 0.1) is 45.5 Å². The molecule has 0 fully saturated rings. The highest BCUT2D eigenvalue weighted by Gasteiger charge is 2.24. The summed E-state index contributed by atoms with van der Waals surface area (Å²) in [5.41, 5.74) is 2.36. The van der Waals surface area contributed by atoms with Crippen LogP contribution in [0, 0.1) is 0 Å². The summed E-state index contributed by atoms with van der Waals surface area (Å²) in [5.74, 6) is 2.77. The number of aromatic nitrogens is 4. The highest BCUT2D eigenvalue weighted by molar-refractivity contribution is 5.66. The fraction of sp³-hybridized carbons (Fsp3) is 0.300. The largest absolute Gasteiger partial charge is 0.493 e. The number of benzene rings is 1. The highest BCUT2D eigenvalue weighted by atomic mass is 16.5. The average molecular weight is 426 g/mol. The Morgan fingerprint density at radius 2 is 1.84 bits per heavy atom. The van der Waals surface area contributed by atoms with Crippen LogP contribution < -0.4 is 19.5 Å². The van der Waals surface area contributed by atoms with Gasteiger partial charge in [-0.05, 0) is 6.42 Å². The molecule has 0 saturated carbocycles. The predicted octanol–water partition coefficient (Wildman–Crippen LogP) is 2.47. The molecule has 11 nitrogen and oxygen atoms in total. The lowest BCUT2D eigenvalue weighted by Crippen LogP contribution is -2.35. The van der Waals surface area contributed by atoms with E-state index in [1.54, 1.807) is 27.7 Å². The molecule has 11 heteroatoms. The van der Waals surface area contributed by atoms with Gasteiger partial charge in [0.2, 0.25) is 5.75 Å². The summed E-state index contributed by atoms with van der Waals surface area (Å²) in [6.07, 6.45) is 4.45. The molecule has 4 rings (SSSR count). The number of rotatable bonds is 6. The lowest BCUT2D eigenvalue weighted by Gasteiger charge is -2.26. The Bertz CT molecular complexity index is 1090. The minimum Gasteiger partial charge on any atom is -0.493 e. The van der Waals surface area contributed by atoms with Crippen LogP contribution in [0.2, 0.25) is 0 Å². The minimum atomic E-state index is -0.956. The molecular formula is C20H22N6O5. The van der Waals surface area contributed by atoms with Crippen LogP contribution in [0.15, 0.2) is 31.0 Å². The van der Waals surface area contributed by atoms with Gasteiger partial charge in [-0.2, -0.15) is 0 Å². The number of methoxy groups -OCH3 is 3.